The number of nitrogens with zero attached hydrogens (tertiary/aromatic N) is 2. The number of amides is 1. The smallest absolute Gasteiger partial charge is 0.231 e. The molecule has 1 N–H and O–H groups in total. The van der Waals surface area contributed by atoms with E-state index in [1.165, 1.54) is 0 Å². The molecule has 0 radical (unpaired) electrons. The van der Waals surface area contributed by atoms with Crippen LogP contribution in [0.4, 0.5) is 5.69 Å². The van der Waals surface area contributed by atoms with Crippen molar-refractivity contribution in [2.24, 2.45) is 11.8 Å². The summed E-state index contributed by atoms with van der Waals surface area (Å²) in [5.41, 5.74) is 0.565. The lowest BCUT2D eigenvalue weighted by atomic mass is 9.66. The van der Waals surface area contributed by atoms with Crippen molar-refractivity contribution in [1.82, 2.24) is 4.98 Å². The number of carbonyl (C=O) groups excluding carboxylic acids is 2. The zero-order valence-electron chi connectivity index (χ0n) is 21.0. The summed E-state index contributed by atoms with van der Waals surface area (Å²) < 4.78 is 12.6. The van der Waals surface area contributed by atoms with Crippen LogP contribution in [0.3, 0.4) is 0 Å². The van der Waals surface area contributed by atoms with Gasteiger partial charge in [-0.05, 0) is 56.2 Å². The van der Waals surface area contributed by atoms with Gasteiger partial charge in [0.25, 0.3) is 0 Å². The predicted molar refractivity (Wildman–Crippen MR) is 144 cm³/mol. The molecular formula is C31H27N3O4. The number of rotatable bonds is 7. The van der Waals surface area contributed by atoms with E-state index in [1.54, 1.807) is 18.3 Å². The van der Waals surface area contributed by atoms with E-state index in [1.807, 2.05) is 61.5 Å². The van der Waals surface area contributed by atoms with Gasteiger partial charge in [0.05, 0.1) is 46.8 Å². The standard InChI is InChI=1S/C31H27N3O4/c1-30-12-13-31(38-30,14-16-37-22-9-11-26-20(17-22)5-4-15-33-26)25(19-35)28(30)29(36)34-27-10-8-21(18-32)23-6-2-3-7-24(23)27/h2-11,15,17,19,25,28H,12-14,16H2,1H3,(H,34,36)/t25-,28-,30-,31-/m1/s1. The van der Waals surface area contributed by atoms with Gasteiger partial charge in [0.15, 0.2) is 0 Å². The summed E-state index contributed by atoms with van der Waals surface area (Å²) in [6.45, 7) is 2.29. The topological polar surface area (TPSA) is 101 Å². The Morgan fingerprint density at radius 1 is 1.16 bits per heavy atom. The number of anilines is 1. The quantitative estimate of drug-likeness (QED) is 0.337. The third kappa shape index (κ3) is 3.89. The third-order valence-electron chi connectivity index (χ3n) is 8.21. The number of benzene rings is 3. The Balaban J connectivity index is 1.21. The fraction of sp³-hybridized carbons (Fsp3) is 0.290. The monoisotopic (exact) mass is 505 g/mol. The van der Waals surface area contributed by atoms with Crippen molar-refractivity contribution in [3.05, 3.63) is 78.5 Å². The summed E-state index contributed by atoms with van der Waals surface area (Å²) in [5, 5.41) is 15.1. The largest absolute Gasteiger partial charge is 0.493 e. The van der Waals surface area contributed by atoms with Crippen LogP contribution in [0, 0.1) is 23.2 Å². The highest BCUT2D eigenvalue weighted by atomic mass is 16.5. The van der Waals surface area contributed by atoms with E-state index in [0.717, 1.165) is 33.7 Å². The number of pyridine rings is 1. The lowest BCUT2D eigenvalue weighted by Gasteiger charge is -2.34. The van der Waals surface area contributed by atoms with Crippen molar-refractivity contribution in [2.75, 3.05) is 11.9 Å². The molecule has 3 heterocycles. The lowest BCUT2D eigenvalue weighted by Crippen LogP contribution is -2.47. The Morgan fingerprint density at radius 2 is 2.00 bits per heavy atom. The fourth-order valence-electron chi connectivity index (χ4n) is 6.35. The van der Waals surface area contributed by atoms with Gasteiger partial charge in [-0.15, -0.1) is 0 Å². The van der Waals surface area contributed by atoms with Gasteiger partial charge in [-0.25, -0.2) is 0 Å². The molecule has 6 rings (SSSR count). The Morgan fingerprint density at radius 3 is 2.82 bits per heavy atom. The van der Waals surface area contributed by atoms with Crippen molar-refractivity contribution in [2.45, 2.75) is 37.4 Å². The van der Waals surface area contributed by atoms with Gasteiger partial charge in [-0.2, -0.15) is 5.26 Å². The fourth-order valence-corrected chi connectivity index (χ4v) is 6.35. The van der Waals surface area contributed by atoms with Crippen LogP contribution in [-0.2, 0) is 14.3 Å². The molecule has 190 valence electrons. The van der Waals surface area contributed by atoms with E-state index >= 15 is 0 Å². The number of hydrogen-bond acceptors (Lipinski definition) is 6. The molecule has 4 atom stereocenters. The maximum atomic E-state index is 13.7. The summed E-state index contributed by atoms with van der Waals surface area (Å²) in [6.07, 6.45) is 4.52. The molecule has 38 heavy (non-hydrogen) atoms. The zero-order chi connectivity index (χ0) is 26.3. The molecule has 1 aromatic heterocycles. The third-order valence-corrected chi connectivity index (χ3v) is 8.21. The first kappa shape index (κ1) is 24.1. The number of nitriles is 1. The highest BCUT2D eigenvalue weighted by Gasteiger charge is 2.67. The summed E-state index contributed by atoms with van der Waals surface area (Å²) >= 11 is 0. The molecule has 2 fully saturated rings. The van der Waals surface area contributed by atoms with Crippen LogP contribution < -0.4 is 10.1 Å². The molecule has 0 unspecified atom stereocenters. The van der Waals surface area contributed by atoms with Gasteiger partial charge in [-0.3, -0.25) is 9.78 Å². The zero-order valence-corrected chi connectivity index (χ0v) is 21.0. The van der Waals surface area contributed by atoms with Crippen LogP contribution in [0.1, 0.15) is 31.7 Å². The number of carbonyl (C=O) groups is 2. The molecule has 2 aliphatic rings. The predicted octanol–water partition coefficient (Wildman–Crippen LogP) is 5.42. The summed E-state index contributed by atoms with van der Waals surface area (Å²) in [5.74, 6) is -0.737. The maximum absolute atomic E-state index is 13.7. The second-order valence-corrected chi connectivity index (χ2v) is 10.4. The summed E-state index contributed by atoms with van der Waals surface area (Å²) in [6, 6.07) is 22.7. The van der Waals surface area contributed by atoms with E-state index in [4.69, 9.17) is 9.47 Å². The number of nitrogens with one attached hydrogen (secondary N) is 1. The lowest BCUT2D eigenvalue weighted by molar-refractivity contribution is -0.128. The Hall–Kier alpha value is -4.28. The number of aldehydes is 1. The molecular weight excluding hydrogens is 478 g/mol. The Kier molecular flexibility index (Phi) is 5.85. The van der Waals surface area contributed by atoms with Gasteiger partial charge in [-0.1, -0.05) is 30.3 Å². The van der Waals surface area contributed by atoms with E-state index in [-0.39, 0.29) is 5.91 Å². The molecule has 4 aromatic rings. The van der Waals surface area contributed by atoms with Crippen molar-refractivity contribution < 1.29 is 19.1 Å². The molecule has 0 saturated carbocycles. The molecule has 0 spiro atoms. The minimum absolute atomic E-state index is 0.246. The molecule has 3 aromatic carbocycles. The van der Waals surface area contributed by atoms with Gasteiger partial charge in [0.1, 0.15) is 12.0 Å². The van der Waals surface area contributed by atoms with Gasteiger partial charge in [0.2, 0.25) is 5.91 Å². The summed E-state index contributed by atoms with van der Waals surface area (Å²) in [7, 11) is 0. The maximum Gasteiger partial charge on any atom is 0.231 e. The molecule has 7 heteroatoms. The average Bonchev–Trinajstić information content (AvgIpc) is 3.41. The minimum Gasteiger partial charge on any atom is -0.493 e. The normalized spacial score (nSPS) is 25.8. The molecule has 0 aliphatic carbocycles. The van der Waals surface area contributed by atoms with Gasteiger partial charge >= 0.3 is 0 Å². The van der Waals surface area contributed by atoms with Gasteiger partial charge < -0.3 is 19.6 Å². The van der Waals surface area contributed by atoms with Crippen LogP contribution in [-0.4, -0.2) is 35.0 Å². The number of fused-ring (bicyclic) bond motifs is 4. The average molecular weight is 506 g/mol. The highest BCUT2D eigenvalue weighted by Crippen LogP contribution is 2.58. The van der Waals surface area contributed by atoms with Crippen LogP contribution in [0.25, 0.3) is 21.7 Å². The first-order chi connectivity index (χ1) is 18.5. The van der Waals surface area contributed by atoms with Crippen LogP contribution >= 0.6 is 0 Å². The van der Waals surface area contributed by atoms with Crippen LogP contribution in [0.2, 0.25) is 0 Å². The van der Waals surface area contributed by atoms with E-state index < -0.39 is 23.0 Å². The van der Waals surface area contributed by atoms with E-state index in [9.17, 15) is 14.9 Å². The molecule has 2 saturated heterocycles. The molecule has 2 bridgehead atoms. The molecule has 2 aliphatic heterocycles. The second-order valence-electron chi connectivity index (χ2n) is 10.4. The molecule has 7 nitrogen and oxygen atoms in total. The van der Waals surface area contributed by atoms with Crippen LogP contribution in [0.15, 0.2) is 72.9 Å². The first-order valence-corrected chi connectivity index (χ1v) is 12.8. The van der Waals surface area contributed by atoms with E-state index in [0.29, 0.717) is 37.1 Å². The number of aromatic nitrogens is 1. The Bertz CT molecular complexity index is 1610. The number of hydrogen-bond donors (Lipinski definition) is 1. The Labute approximate surface area is 220 Å². The SMILES string of the molecule is C[C@]12CC[C@](CCOc3ccc4ncccc4c3)(O1)[C@H](C=O)[C@@H]2C(=O)Nc1ccc(C#N)c2ccccc12. The molecule has 1 amide bonds. The van der Waals surface area contributed by atoms with Crippen molar-refractivity contribution in [3.63, 3.8) is 0 Å². The highest BCUT2D eigenvalue weighted by molar-refractivity contribution is 6.05. The first-order valence-electron chi connectivity index (χ1n) is 12.8. The van der Waals surface area contributed by atoms with E-state index in [2.05, 4.69) is 16.4 Å². The van der Waals surface area contributed by atoms with Crippen LogP contribution in [0.5, 0.6) is 5.75 Å². The van der Waals surface area contributed by atoms with Crippen molar-refractivity contribution in [3.8, 4) is 11.8 Å². The van der Waals surface area contributed by atoms with Gasteiger partial charge in [0, 0.05) is 34.5 Å². The summed E-state index contributed by atoms with van der Waals surface area (Å²) in [4.78, 5) is 30.5. The van der Waals surface area contributed by atoms with Crippen molar-refractivity contribution >= 4 is 39.6 Å². The minimum atomic E-state index is -0.746. The second kappa shape index (κ2) is 9.23. The number of ether oxygens (including phenoxy) is 2. The van der Waals surface area contributed by atoms with Crippen molar-refractivity contribution in [1.29, 1.82) is 5.26 Å².